The Bertz CT molecular complexity index is 676. The van der Waals surface area contributed by atoms with E-state index in [0.29, 0.717) is 5.56 Å². The lowest BCUT2D eigenvalue weighted by Crippen LogP contribution is -2.18. The highest BCUT2D eigenvalue weighted by Gasteiger charge is 2.28. The van der Waals surface area contributed by atoms with Crippen molar-refractivity contribution in [1.29, 1.82) is 0 Å². The normalized spacial score (nSPS) is 12.0. The molecule has 0 saturated heterocycles. The highest BCUT2D eigenvalue weighted by atomic mass is 35.5. The van der Waals surface area contributed by atoms with Gasteiger partial charge in [0, 0.05) is 6.07 Å². The molecule has 2 aromatic rings. The van der Waals surface area contributed by atoms with E-state index >= 15 is 0 Å². The van der Waals surface area contributed by atoms with Crippen molar-refractivity contribution in [3.63, 3.8) is 0 Å². The van der Waals surface area contributed by atoms with Gasteiger partial charge in [0.2, 0.25) is 4.84 Å². The molecule has 1 atom stereocenters. The number of hydrogen-bond acceptors (Lipinski definition) is 4. The van der Waals surface area contributed by atoms with E-state index in [1.807, 2.05) is 0 Å². The number of rotatable bonds is 5. The summed E-state index contributed by atoms with van der Waals surface area (Å²) in [5.74, 6) is -0.865. The minimum Gasteiger partial charge on any atom is -0.450 e. The van der Waals surface area contributed by atoms with Crippen LogP contribution in [0.15, 0.2) is 54.6 Å². The number of esters is 1. The van der Waals surface area contributed by atoms with Gasteiger partial charge in [-0.05, 0) is 11.6 Å². The molecular weight excluding hydrogens is 329 g/mol. The maximum atomic E-state index is 11.7. The van der Waals surface area contributed by atoms with Crippen molar-refractivity contribution in [2.24, 2.45) is 0 Å². The zero-order valence-electron chi connectivity index (χ0n) is 11.2. The number of benzene rings is 2. The lowest BCUT2D eigenvalue weighted by molar-refractivity contribution is -0.386. The number of nitro benzene ring substituents is 1. The Morgan fingerprint density at radius 2 is 1.64 bits per heavy atom. The van der Waals surface area contributed by atoms with Crippen LogP contribution in [0.1, 0.15) is 17.2 Å². The number of halogens is 2. The highest BCUT2D eigenvalue weighted by Crippen LogP contribution is 2.33. The van der Waals surface area contributed by atoms with Crippen LogP contribution in [0.4, 0.5) is 5.69 Å². The molecule has 0 aromatic heterocycles. The summed E-state index contributed by atoms with van der Waals surface area (Å²) in [6.45, 7) is 0. The van der Waals surface area contributed by atoms with E-state index in [-0.39, 0.29) is 11.3 Å². The highest BCUT2D eigenvalue weighted by molar-refractivity contribution is 6.52. The Labute approximate surface area is 136 Å². The molecule has 2 rings (SSSR count). The molecule has 0 N–H and O–H groups in total. The van der Waals surface area contributed by atoms with Crippen molar-refractivity contribution in [3.05, 3.63) is 75.8 Å². The lowest BCUT2D eigenvalue weighted by atomic mass is 10.00. The second-order valence-corrected chi connectivity index (χ2v) is 5.44. The molecule has 0 heterocycles. The van der Waals surface area contributed by atoms with Gasteiger partial charge in [-0.1, -0.05) is 65.7 Å². The van der Waals surface area contributed by atoms with Crippen LogP contribution in [0.25, 0.3) is 0 Å². The molecule has 2 aromatic carbocycles. The van der Waals surface area contributed by atoms with Crippen molar-refractivity contribution in [2.45, 2.75) is 10.9 Å². The number of ether oxygens (including phenoxy) is 1. The smallest absolute Gasteiger partial charge is 0.340 e. The van der Waals surface area contributed by atoms with Gasteiger partial charge < -0.3 is 4.74 Å². The first-order chi connectivity index (χ1) is 10.5. The molecule has 0 saturated carbocycles. The van der Waals surface area contributed by atoms with Crippen LogP contribution >= 0.6 is 23.2 Å². The van der Waals surface area contributed by atoms with Crippen molar-refractivity contribution in [1.82, 2.24) is 0 Å². The Kier molecular flexibility index (Phi) is 5.35. The minimum atomic E-state index is -1.37. The zero-order chi connectivity index (χ0) is 16.1. The first-order valence-corrected chi connectivity index (χ1v) is 7.15. The van der Waals surface area contributed by atoms with Gasteiger partial charge in [-0.2, -0.15) is 0 Å². The molecule has 114 valence electrons. The quantitative estimate of drug-likeness (QED) is 0.357. The maximum absolute atomic E-state index is 11.7. The summed E-state index contributed by atoms with van der Waals surface area (Å²) in [7, 11) is 0. The van der Waals surface area contributed by atoms with Gasteiger partial charge in [0.1, 0.15) is 0 Å². The summed E-state index contributed by atoms with van der Waals surface area (Å²) in [5, 5.41) is 11.2. The summed E-state index contributed by atoms with van der Waals surface area (Å²) in [5.41, 5.74) is 0.685. The number of nitrogens with zero attached hydrogens (tertiary/aromatic N) is 1. The minimum absolute atomic E-state index is 0.148. The van der Waals surface area contributed by atoms with E-state index in [1.165, 1.54) is 18.2 Å². The van der Waals surface area contributed by atoms with E-state index in [9.17, 15) is 14.9 Å². The van der Waals surface area contributed by atoms with Crippen molar-refractivity contribution in [2.75, 3.05) is 0 Å². The summed E-state index contributed by atoms with van der Waals surface area (Å²) in [6.07, 6.45) is -0.963. The van der Waals surface area contributed by atoms with Crippen LogP contribution in [0, 0.1) is 10.1 Å². The molecule has 0 aliphatic heterocycles. The molecule has 0 spiro atoms. The average molecular weight is 340 g/mol. The second kappa shape index (κ2) is 7.24. The third-order valence-corrected chi connectivity index (χ3v) is 3.29. The fourth-order valence-electron chi connectivity index (χ4n) is 1.98. The summed E-state index contributed by atoms with van der Waals surface area (Å²) >= 11 is 11.0. The number of para-hydroxylation sites is 1. The van der Waals surface area contributed by atoms with Gasteiger partial charge in [0.15, 0.2) is 6.10 Å². The van der Waals surface area contributed by atoms with Crippen LogP contribution in [-0.4, -0.2) is 15.7 Å². The van der Waals surface area contributed by atoms with Crippen LogP contribution in [0.5, 0.6) is 0 Å². The standard InChI is InChI=1S/C15H11Cl2NO4/c16-14(17)15(19)22-13(10-6-2-1-3-7-10)11-8-4-5-9-12(11)18(20)21/h1-9,13-14H. The predicted molar refractivity (Wildman–Crippen MR) is 83.0 cm³/mol. The van der Waals surface area contributed by atoms with Crippen molar-refractivity contribution >= 4 is 34.9 Å². The Balaban J connectivity index is 2.50. The largest absolute Gasteiger partial charge is 0.450 e. The molecule has 0 fully saturated rings. The molecule has 22 heavy (non-hydrogen) atoms. The number of hydrogen-bond donors (Lipinski definition) is 0. The third-order valence-electron chi connectivity index (χ3n) is 2.93. The molecule has 0 amide bonds. The third kappa shape index (κ3) is 3.75. The van der Waals surface area contributed by atoms with Gasteiger partial charge in [-0.3, -0.25) is 10.1 Å². The van der Waals surface area contributed by atoms with Crippen molar-refractivity contribution < 1.29 is 14.5 Å². The molecule has 0 aliphatic rings. The maximum Gasteiger partial charge on any atom is 0.340 e. The second-order valence-electron chi connectivity index (χ2n) is 4.34. The number of alkyl halides is 2. The van der Waals surface area contributed by atoms with E-state index < -0.39 is 21.8 Å². The van der Waals surface area contributed by atoms with Crippen LogP contribution in [-0.2, 0) is 9.53 Å². The van der Waals surface area contributed by atoms with E-state index in [4.69, 9.17) is 27.9 Å². The average Bonchev–Trinajstić information content (AvgIpc) is 2.53. The van der Waals surface area contributed by atoms with Crippen LogP contribution in [0.3, 0.4) is 0 Å². The predicted octanol–water partition coefficient (Wildman–Crippen LogP) is 4.03. The lowest BCUT2D eigenvalue weighted by Gasteiger charge is -2.19. The molecule has 7 heteroatoms. The number of carbonyl (C=O) groups excluding carboxylic acids is 1. The molecule has 0 bridgehead atoms. The fraction of sp³-hybridized carbons (Fsp3) is 0.133. The van der Waals surface area contributed by atoms with Gasteiger partial charge in [0.05, 0.1) is 10.5 Å². The fourth-order valence-corrected chi connectivity index (χ4v) is 2.08. The Morgan fingerprint density at radius 3 is 2.23 bits per heavy atom. The van der Waals surface area contributed by atoms with Gasteiger partial charge in [-0.15, -0.1) is 0 Å². The van der Waals surface area contributed by atoms with E-state index in [2.05, 4.69) is 0 Å². The molecular formula is C15H11Cl2NO4. The zero-order valence-corrected chi connectivity index (χ0v) is 12.7. The monoisotopic (exact) mass is 339 g/mol. The molecule has 0 radical (unpaired) electrons. The summed E-state index contributed by atoms with van der Waals surface area (Å²) < 4.78 is 5.27. The Morgan fingerprint density at radius 1 is 1.05 bits per heavy atom. The van der Waals surface area contributed by atoms with Crippen LogP contribution < -0.4 is 0 Å². The summed E-state index contributed by atoms with van der Waals surface area (Å²) in [6, 6.07) is 14.7. The summed E-state index contributed by atoms with van der Waals surface area (Å²) in [4.78, 5) is 21.0. The van der Waals surface area contributed by atoms with Gasteiger partial charge in [0.25, 0.3) is 5.69 Å². The van der Waals surface area contributed by atoms with Crippen LogP contribution in [0.2, 0.25) is 0 Å². The van der Waals surface area contributed by atoms with Crippen molar-refractivity contribution in [3.8, 4) is 0 Å². The van der Waals surface area contributed by atoms with Gasteiger partial charge in [-0.25, -0.2) is 4.79 Å². The molecule has 5 nitrogen and oxygen atoms in total. The molecule has 0 aliphatic carbocycles. The Hall–Kier alpha value is -2.11. The van der Waals surface area contributed by atoms with E-state index in [0.717, 1.165) is 0 Å². The number of carbonyl (C=O) groups is 1. The van der Waals surface area contributed by atoms with Gasteiger partial charge >= 0.3 is 5.97 Å². The number of nitro groups is 1. The topological polar surface area (TPSA) is 69.4 Å². The first kappa shape index (κ1) is 16.3. The SMILES string of the molecule is O=C(OC(c1ccccc1)c1ccccc1[N+](=O)[O-])C(Cl)Cl. The first-order valence-electron chi connectivity index (χ1n) is 6.27. The molecule has 1 unspecified atom stereocenters. The van der Waals surface area contributed by atoms with E-state index in [1.54, 1.807) is 36.4 Å².